The molecule has 1 saturated carbocycles. The third kappa shape index (κ3) is 3.22. The Kier molecular flexibility index (Phi) is 3.73. The maximum absolute atomic E-state index is 13.0. The lowest BCUT2D eigenvalue weighted by molar-refractivity contribution is -0.124. The van der Waals surface area contributed by atoms with Crippen LogP contribution >= 0.6 is 0 Å². The molecular formula is C14H18F2N2O. The third-order valence-corrected chi connectivity index (χ3v) is 3.64. The molecule has 1 amide bonds. The van der Waals surface area contributed by atoms with Gasteiger partial charge in [0.15, 0.2) is 0 Å². The van der Waals surface area contributed by atoms with Crippen molar-refractivity contribution < 1.29 is 13.6 Å². The fraction of sp³-hybridized carbons (Fsp3) is 0.500. The molecule has 1 aromatic carbocycles. The van der Waals surface area contributed by atoms with Gasteiger partial charge in [-0.05, 0) is 31.4 Å². The second-order valence-electron chi connectivity index (χ2n) is 5.16. The predicted molar refractivity (Wildman–Crippen MR) is 71.1 cm³/mol. The zero-order valence-corrected chi connectivity index (χ0v) is 10.9. The largest absolute Gasteiger partial charge is 0.397 e. The normalized spacial score (nSPS) is 19.1. The van der Waals surface area contributed by atoms with Crippen LogP contribution in [0.2, 0.25) is 0 Å². The molecule has 0 atom stereocenters. The van der Waals surface area contributed by atoms with E-state index in [2.05, 4.69) is 5.32 Å². The van der Waals surface area contributed by atoms with Gasteiger partial charge in [0.2, 0.25) is 11.8 Å². The Morgan fingerprint density at radius 3 is 2.58 bits per heavy atom. The Labute approximate surface area is 111 Å². The number of carbonyl (C=O) groups excluding carboxylic acids is 1. The monoisotopic (exact) mass is 268 g/mol. The number of rotatable bonds is 2. The van der Waals surface area contributed by atoms with E-state index >= 15 is 0 Å². The van der Waals surface area contributed by atoms with Crippen molar-refractivity contribution in [2.75, 3.05) is 11.1 Å². The average Bonchev–Trinajstić information content (AvgIpc) is 2.33. The van der Waals surface area contributed by atoms with E-state index in [9.17, 15) is 13.6 Å². The van der Waals surface area contributed by atoms with E-state index in [1.165, 1.54) is 0 Å². The molecule has 1 aliphatic carbocycles. The summed E-state index contributed by atoms with van der Waals surface area (Å²) in [6.07, 6.45) is 0.0257. The highest BCUT2D eigenvalue weighted by Crippen LogP contribution is 2.37. The highest BCUT2D eigenvalue weighted by atomic mass is 19.3. The van der Waals surface area contributed by atoms with Gasteiger partial charge in [0.25, 0.3) is 0 Å². The molecule has 1 aliphatic rings. The Bertz CT molecular complexity index is 458. The molecule has 3 nitrogen and oxygen atoms in total. The van der Waals surface area contributed by atoms with Gasteiger partial charge in [-0.15, -0.1) is 0 Å². The Morgan fingerprint density at radius 1 is 1.37 bits per heavy atom. The van der Waals surface area contributed by atoms with Crippen LogP contribution in [0.25, 0.3) is 0 Å². The fourth-order valence-corrected chi connectivity index (χ4v) is 2.39. The lowest BCUT2D eigenvalue weighted by Gasteiger charge is -2.27. The van der Waals surface area contributed by atoms with Crippen LogP contribution in [0, 0.1) is 12.8 Å². The molecule has 0 aromatic heterocycles. The number of alkyl halides is 2. The summed E-state index contributed by atoms with van der Waals surface area (Å²) in [6, 6.07) is 5.36. The molecule has 1 aromatic rings. The van der Waals surface area contributed by atoms with Crippen LogP contribution in [0.4, 0.5) is 20.2 Å². The SMILES string of the molecule is Cc1cccc(N)c1NC(=O)C1CCC(F)(F)CC1. The second kappa shape index (κ2) is 5.15. The van der Waals surface area contributed by atoms with Crippen molar-refractivity contribution in [3.8, 4) is 0 Å². The number of nitrogens with two attached hydrogens (primary N) is 1. The molecule has 0 bridgehead atoms. The smallest absolute Gasteiger partial charge is 0.248 e. The van der Waals surface area contributed by atoms with Crippen LogP contribution in [0.1, 0.15) is 31.2 Å². The number of hydrogen-bond acceptors (Lipinski definition) is 2. The fourth-order valence-electron chi connectivity index (χ4n) is 2.39. The zero-order valence-electron chi connectivity index (χ0n) is 10.9. The minimum absolute atomic E-state index is 0.212. The van der Waals surface area contributed by atoms with Gasteiger partial charge in [0.05, 0.1) is 11.4 Å². The molecule has 0 saturated heterocycles. The summed E-state index contributed by atoms with van der Waals surface area (Å²) in [6.45, 7) is 1.85. The van der Waals surface area contributed by atoms with Crippen molar-refractivity contribution in [1.29, 1.82) is 0 Å². The van der Waals surface area contributed by atoms with E-state index in [1.54, 1.807) is 6.07 Å². The molecule has 5 heteroatoms. The van der Waals surface area contributed by atoms with Gasteiger partial charge in [-0.3, -0.25) is 4.79 Å². The van der Waals surface area contributed by atoms with E-state index in [0.29, 0.717) is 11.4 Å². The van der Waals surface area contributed by atoms with E-state index in [1.807, 2.05) is 19.1 Å². The Morgan fingerprint density at radius 2 is 2.00 bits per heavy atom. The van der Waals surface area contributed by atoms with Crippen molar-refractivity contribution in [2.24, 2.45) is 5.92 Å². The maximum atomic E-state index is 13.0. The minimum Gasteiger partial charge on any atom is -0.397 e. The molecule has 3 N–H and O–H groups in total. The van der Waals surface area contributed by atoms with Crippen molar-refractivity contribution in [2.45, 2.75) is 38.5 Å². The van der Waals surface area contributed by atoms with Crippen molar-refractivity contribution in [3.05, 3.63) is 23.8 Å². The van der Waals surface area contributed by atoms with Crippen LogP contribution in [-0.4, -0.2) is 11.8 Å². The first-order chi connectivity index (χ1) is 8.89. The van der Waals surface area contributed by atoms with Crippen molar-refractivity contribution >= 4 is 17.3 Å². The molecular weight excluding hydrogens is 250 g/mol. The predicted octanol–water partition coefficient (Wildman–Crippen LogP) is 3.34. The molecule has 1 fully saturated rings. The molecule has 0 aliphatic heterocycles. The van der Waals surface area contributed by atoms with Crippen LogP contribution in [0.5, 0.6) is 0 Å². The quantitative estimate of drug-likeness (QED) is 0.808. The molecule has 0 heterocycles. The Hall–Kier alpha value is -1.65. The molecule has 104 valence electrons. The lowest BCUT2D eigenvalue weighted by atomic mass is 9.86. The first-order valence-corrected chi connectivity index (χ1v) is 6.43. The van der Waals surface area contributed by atoms with E-state index < -0.39 is 5.92 Å². The van der Waals surface area contributed by atoms with Crippen LogP contribution in [0.3, 0.4) is 0 Å². The number of nitrogens with one attached hydrogen (secondary N) is 1. The molecule has 2 rings (SSSR count). The first kappa shape index (κ1) is 13.8. The van der Waals surface area contributed by atoms with Gasteiger partial charge >= 0.3 is 0 Å². The van der Waals surface area contributed by atoms with Gasteiger partial charge < -0.3 is 11.1 Å². The highest BCUT2D eigenvalue weighted by molar-refractivity contribution is 5.96. The minimum atomic E-state index is -2.61. The summed E-state index contributed by atoms with van der Waals surface area (Å²) in [4.78, 5) is 12.1. The maximum Gasteiger partial charge on any atom is 0.248 e. The summed E-state index contributed by atoms with van der Waals surface area (Å²) in [5, 5.41) is 2.77. The number of benzene rings is 1. The van der Waals surface area contributed by atoms with Crippen LogP contribution in [-0.2, 0) is 4.79 Å². The summed E-state index contributed by atoms with van der Waals surface area (Å²) < 4.78 is 26.1. The van der Waals surface area contributed by atoms with Gasteiger partial charge in [0.1, 0.15) is 0 Å². The van der Waals surface area contributed by atoms with Gasteiger partial charge in [-0.1, -0.05) is 12.1 Å². The molecule has 0 radical (unpaired) electrons. The zero-order chi connectivity index (χ0) is 14.0. The number of nitrogen functional groups attached to an aromatic ring is 1. The average molecular weight is 268 g/mol. The van der Waals surface area contributed by atoms with Gasteiger partial charge in [0, 0.05) is 18.8 Å². The van der Waals surface area contributed by atoms with Gasteiger partial charge in [-0.25, -0.2) is 8.78 Å². The first-order valence-electron chi connectivity index (χ1n) is 6.43. The van der Waals surface area contributed by atoms with E-state index in [4.69, 9.17) is 5.73 Å². The number of aryl methyl sites for hydroxylation is 1. The summed E-state index contributed by atoms with van der Waals surface area (Å²) >= 11 is 0. The standard InChI is InChI=1S/C14H18F2N2O/c1-9-3-2-4-11(17)12(9)18-13(19)10-5-7-14(15,16)8-6-10/h2-4,10H,5-8,17H2,1H3,(H,18,19). The Balaban J connectivity index is 2.02. The number of carbonyl (C=O) groups is 1. The van der Waals surface area contributed by atoms with Crippen LogP contribution < -0.4 is 11.1 Å². The second-order valence-corrected chi connectivity index (χ2v) is 5.16. The van der Waals surface area contributed by atoms with Crippen molar-refractivity contribution in [1.82, 2.24) is 0 Å². The molecule has 0 spiro atoms. The lowest BCUT2D eigenvalue weighted by Crippen LogP contribution is -2.32. The summed E-state index contributed by atoms with van der Waals surface area (Å²) in [7, 11) is 0. The number of halogens is 2. The van der Waals surface area contributed by atoms with Gasteiger partial charge in [-0.2, -0.15) is 0 Å². The number of amides is 1. The van der Waals surface area contributed by atoms with Crippen LogP contribution in [0.15, 0.2) is 18.2 Å². The summed E-state index contributed by atoms with van der Waals surface area (Å²) in [5.74, 6) is -3.17. The highest BCUT2D eigenvalue weighted by Gasteiger charge is 2.37. The van der Waals surface area contributed by atoms with E-state index in [-0.39, 0.29) is 37.5 Å². The van der Waals surface area contributed by atoms with Crippen molar-refractivity contribution in [3.63, 3.8) is 0 Å². The number of hydrogen-bond donors (Lipinski definition) is 2. The topological polar surface area (TPSA) is 55.1 Å². The molecule has 0 unspecified atom stereocenters. The number of para-hydroxylation sites is 1. The molecule has 19 heavy (non-hydrogen) atoms. The third-order valence-electron chi connectivity index (χ3n) is 3.64. The summed E-state index contributed by atoms with van der Waals surface area (Å²) in [5.41, 5.74) is 7.76. The van der Waals surface area contributed by atoms with E-state index in [0.717, 1.165) is 5.56 Å². The number of anilines is 2.